The van der Waals surface area contributed by atoms with E-state index < -0.39 is 11.6 Å². The van der Waals surface area contributed by atoms with Crippen molar-refractivity contribution in [2.75, 3.05) is 36.4 Å². The average Bonchev–Trinajstić information content (AvgIpc) is 3.33. The van der Waals surface area contributed by atoms with Crippen molar-refractivity contribution in [2.45, 2.75) is 26.8 Å². The highest BCUT2D eigenvalue weighted by molar-refractivity contribution is 5.83. The van der Waals surface area contributed by atoms with Crippen LogP contribution in [0, 0.1) is 17.0 Å². The molecule has 1 aromatic carbocycles. The summed E-state index contributed by atoms with van der Waals surface area (Å²) in [6.45, 7) is 8.78. The highest BCUT2D eigenvalue weighted by atomic mass is 19.1. The van der Waals surface area contributed by atoms with E-state index in [1.54, 1.807) is 12.3 Å². The van der Waals surface area contributed by atoms with E-state index in [2.05, 4.69) is 49.3 Å². The first-order chi connectivity index (χ1) is 16.9. The summed E-state index contributed by atoms with van der Waals surface area (Å²) in [4.78, 5) is 19.6. The van der Waals surface area contributed by atoms with E-state index in [9.17, 15) is 8.78 Å². The zero-order chi connectivity index (χ0) is 24.2. The molecule has 0 bridgehead atoms. The van der Waals surface area contributed by atoms with E-state index in [1.165, 1.54) is 6.07 Å². The van der Waals surface area contributed by atoms with E-state index >= 15 is 0 Å². The van der Waals surface area contributed by atoms with Crippen molar-refractivity contribution in [3.8, 4) is 11.3 Å². The van der Waals surface area contributed by atoms with Gasteiger partial charge in [-0.1, -0.05) is 13.8 Å². The summed E-state index contributed by atoms with van der Waals surface area (Å²) in [5, 5.41) is 6.36. The fourth-order valence-electron chi connectivity index (χ4n) is 4.90. The first-order valence-corrected chi connectivity index (χ1v) is 11.8. The van der Waals surface area contributed by atoms with E-state index in [0.717, 1.165) is 56.9 Å². The summed E-state index contributed by atoms with van der Waals surface area (Å²) in [5.74, 6) is 0.456. The van der Waals surface area contributed by atoms with Crippen LogP contribution in [0.5, 0.6) is 0 Å². The lowest BCUT2D eigenvalue weighted by Crippen LogP contribution is -2.43. The van der Waals surface area contributed by atoms with Gasteiger partial charge in [0.25, 0.3) is 0 Å². The van der Waals surface area contributed by atoms with E-state index in [0.29, 0.717) is 22.4 Å². The van der Waals surface area contributed by atoms with Crippen molar-refractivity contribution in [3.05, 3.63) is 54.1 Å². The van der Waals surface area contributed by atoms with E-state index in [1.807, 2.05) is 16.7 Å². The van der Waals surface area contributed by atoms with Gasteiger partial charge in [-0.3, -0.25) is 0 Å². The average molecular weight is 477 g/mol. The molecule has 5 heterocycles. The van der Waals surface area contributed by atoms with Gasteiger partial charge >= 0.3 is 0 Å². The van der Waals surface area contributed by atoms with Crippen LogP contribution in [0.3, 0.4) is 0 Å². The molecule has 10 heteroatoms. The van der Waals surface area contributed by atoms with Crippen LogP contribution in [-0.4, -0.2) is 50.7 Å². The lowest BCUT2D eigenvalue weighted by molar-refractivity contribution is 0.361. The molecule has 0 atom stereocenters. The van der Waals surface area contributed by atoms with E-state index in [4.69, 9.17) is 0 Å². The predicted octanol–water partition coefficient (Wildman–Crippen LogP) is 3.90. The molecule has 0 unspecified atom stereocenters. The highest BCUT2D eigenvalue weighted by Gasteiger charge is 2.32. The van der Waals surface area contributed by atoms with Crippen molar-refractivity contribution < 1.29 is 8.78 Å². The lowest BCUT2D eigenvalue weighted by atomic mass is 9.92. The Hall–Kier alpha value is -3.66. The Balaban J connectivity index is 1.30. The number of anilines is 3. The maximum atomic E-state index is 15.0. The van der Waals surface area contributed by atoms with Crippen LogP contribution in [0.2, 0.25) is 0 Å². The maximum absolute atomic E-state index is 15.0. The number of benzene rings is 1. The Kier molecular flexibility index (Phi) is 5.14. The zero-order valence-electron chi connectivity index (χ0n) is 19.6. The molecule has 2 aliphatic heterocycles. The molecule has 6 rings (SSSR count). The Morgan fingerprint density at radius 2 is 1.83 bits per heavy atom. The highest BCUT2D eigenvalue weighted by Crippen LogP contribution is 2.36. The third kappa shape index (κ3) is 4.07. The van der Waals surface area contributed by atoms with Crippen LogP contribution < -0.4 is 15.5 Å². The molecule has 1 saturated heterocycles. The molecular formula is C25H26F2N8. The minimum atomic E-state index is -0.627. The van der Waals surface area contributed by atoms with Crippen molar-refractivity contribution in [1.82, 2.24) is 29.8 Å². The molecule has 0 aliphatic carbocycles. The molecule has 0 radical (unpaired) electrons. The van der Waals surface area contributed by atoms with Gasteiger partial charge in [0.05, 0.1) is 23.6 Å². The SMILES string of the molecule is CC1(C)Cc2nc3c(F)cc(-c4nc(Nc5ccc(N6CCNCC6)cn5)ncc4F)cc3n2C1. The Bertz CT molecular complexity index is 1410. The Labute approximate surface area is 201 Å². The number of hydrogen-bond donors (Lipinski definition) is 2. The quantitative estimate of drug-likeness (QED) is 0.462. The molecule has 2 aliphatic rings. The fraction of sp³-hybridized carbons (Fsp3) is 0.360. The summed E-state index contributed by atoms with van der Waals surface area (Å²) in [6, 6.07) is 6.86. The van der Waals surface area contributed by atoms with Gasteiger partial charge in [-0.15, -0.1) is 0 Å². The molecule has 4 aromatic rings. The molecule has 35 heavy (non-hydrogen) atoms. The summed E-state index contributed by atoms with van der Waals surface area (Å²) in [5.41, 5.74) is 2.41. The van der Waals surface area contributed by atoms with Gasteiger partial charge in [-0.25, -0.2) is 28.7 Å². The minimum absolute atomic E-state index is 0.0218. The number of pyridine rings is 1. The standard InChI is InChI=1S/C25H26F2N8/c1-25(2)11-21-32-23-17(26)9-15(10-19(23)35(21)14-25)22-18(27)13-30-24(33-22)31-20-4-3-16(12-29-20)34-7-5-28-6-8-34/h3-4,9-10,12-13,28H,5-8,11,14H2,1-2H3,(H,29,30,31,33). The normalized spacial score (nSPS) is 17.1. The number of nitrogens with one attached hydrogen (secondary N) is 2. The van der Waals surface area contributed by atoms with Crippen LogP contribution in [0.15, 0.2) is 36.7 Å². The molecule has 8 nitrogen and oxygen atoms in total. The van der Waals surface area contributed by atoms with Crippen LogP contribution >= 0.6 is 0 Å². The lowest BCUT2D eigenvalue weighted by Gasteiger charge is -2.29. The number of rotatable bonds is 4. The molecule has 0 amide bonds. The van der Waals surface area contributed by atoms with Crippen LogP contribution in [0.1, 0.15) is 19.7 Å². The van der Waals surface area contributed by atoms with Gasteiger partial charge < -0.3 is 20.1 Å². The molecular weight excluding hydrogens is 450 g/mol. The number of piperazine rings is 1. The predicted molar refractivity (Wildman–Crippen MR) is 131 cm³/mol. The number of halogens is 2. The van der Waals surface area contributed by atoms with Gasteiger partial charge in [0.2, 0.25) is 5.95 Å². The number of hydrogen-bond acceptors (Lipinski definition) is 7. The van der Waals surface area contributed by atoms with Gasteiger partial charge in [0, 0.05) is 44.7 Å². The van der Waals surface area contributed by atoms with Crippen LogP contribution in [0.25, 0.3) is 22.3 Å². The number of aromatic nitrogens is 5. The van der Waals surface area contributed by atoms with Crippen molar-refractivity contribution in [3.63, 3.8) is 0 Å². The number of nitrogens with zero attached hydrogens (tertiary/aromatic N) is 6. The molecule has 180 valence electrons. The largest absolute Gasteiger partial charge is 0.368 e. The first-order valence-electron chi connectivity index (χ1n) is 11.8. The topological polar surface area (TPSA) is 83.8 Å². The smallest absolute Gasteiger partial charge is 0.229 e. The second-order valence-corrected chi connectivity index (χ2v) is 9.93. The minimum Gasteiger partial charge on any atom is -0.368 e. The molecule has 0 spiro atoms. The van der Waals surface area contributed by atoms with E-state index in [-0.39, 0.29) is 17.1 Å². The molecule has 2 N–H and O–H groups in total. The summed E-state index contributed by atoms with van der Waals surface area (Å²) < 4.78 is 31.8. The van der Waals surface area contributed by atoms with Crippen molar-refractivity contribution in [1.29, 1.82) is 0 Å². The summed E-state index contributed by atoms with van der Waals surface area (Å²) >= 11 is 0. The molecule has 1 fully saturated rings. The summed E-state index contributed by atoms with van der Waals surface area (Å²) in [7, 11) is 0. The molecule has 3 aromatic heterocycles. The Morgan fingerprint density at radius 3 is 2.60 bits per heavy atom. The maximum Gasteiger partial charge on any atom is 0.229 e. The second-order valence-electron chi connectivity index (χ2n) is 9.93. The third-order valence-corrected chi connectivity index (χ3v) is 6.60. The van der Waals surface area contributed by atoms with Crippen molar-refractivity contribution >= 4 is 28.5 Å². The van der Waals surface area contributed by atoms with Gasteiger partial charge in [-0.05, 0) is 29.7 Å². The Morgan fingerprint density at radius 1 is 1.00 bits per heavy atom. The van der Waals surface area contributed by atoms with Crippen molar-refractivity contribution in [2.24, 2.45) is 5.41 Å². The van der Waals surface area contributed by atoms with Crippen LogP contribution in [-0.2, 0) is 13.0 Å². The number of imidazole rings is 1. The van der Waals surface area contributed by atoms with Crippen LogP contribution in [0.4, 0.5) is 26.2 Å². The van der Waals surface area contributed by atoms with Gasteiger partial charge in [-0.2, -0.15) is 0 Å². The monoisotopic (exact) mass is 476 g/mol. The van der Waals surface area contributed by atoms with Gasteiger partial charge in [0.1, 0.15) is 22.9 Å². The second kappa shape index (κ2) is 8.23. The fourth-order valence-corrected chi connectivity index (χ4v) is 4.90. The van der Waals surface area contributed by atoms with Gasteiger partial charge in [0.15, 0.2) is 11.6 Å². The summed E-state index contributed by atoms with van der Waals surface area (Å²) in [6.07, 6.45) is 3.65. The number of fused-ring (bicyclic) bond motifs is 3. The first kappa shape index (κ1) is 21.8. The zero-order valence-corrected chi connectivity index (χ0v) is 19.6. The third-order valence-electron chi connectivity index (χ3n) is 6.60. The molecule has 0 saturated carbocycles.